The largest absolute Gasteiger partial charge is 0.497 e. The molecule has 0 unspecified atom stereocenters. The highest BCUT2D eigenvalue weighted by Gasteiger charge is 2.03. The highest BCUT2D eigenvalue weighted by molar-refractivity contribution is 14.1. The van der Waals surface area contributed by atoms with Crippen LogP contribution in [-0.2, 0) is 0 Å². The lowest BCUT2D eigenvalue weighted by molar-refractivity contribution is 0.409. The second kappa shape index (κ2) is 5.27. The van der Waals surface area contributed by atoms with Gasteiger partial charge in [-0.25, -0.2) is 0 Å². The Labute approximate surface area is 114 Å². The number of nitrogens with two attached hydrogens (primary N) is 1. The fourth-order valence-corrected chi connectivity index (χ4v) is 1.92. The second-order valence-corrected chi connectivity index (χ2v) is 4.71. The van der Waals surface area contributed by atoms with Crippen molar-refractivity contribution in [2.75, 3.05) is 12.8 Å². The number of rotatable bonds is 3. The summed E-state index contributed by atoms with van der Waals surface area (Å²) in [4.78, 5) is 0. The minimum absolute atomic E-state index is 0.625. The number of halogens is 1. The second-order valence-electron chi connectivity index (χ2n) is 3.46. The van der Waals surface area contributed by atoms with Gasteiger partial charge < -0.3 is 15.2 Å². The molecule has 0 radical (unpaired) electrons. The van der Waals surface area contributed by atoms with Crippen LogP contribution < -0.4 is 15.2 Å². The first-order chi connectivity index (χ1) is 8.19. The van der Waals surface area contributed by atoms with Gasteiger partial charge in [-0.1, -0.05) is 6.07 Å². The molecule has 0 spiro atoms. The number of nitrogen functional groups attached to an aromatic ring is 1. The van der Waals surface area contributed by atoms with Gasteiger partial charge in [-0.2, -0.15) is 0 Å². The van der Waals surface area contributed by atoms with Gasteiger partial charge in [0.1, 0.15) is 17.2 Å². The summed E-state index contributed by atoms with van der Waals surface area (Å²) in [5.41, 5.74) is 6.50. The molecule has 17 heavy (non-hydrogen) atoms. The van der Waals surface area contributed by atoms with E-state index in [0.717, 1.165) is 9.32 Å². The molecule has 3 nitrogen and oxygen atoms in total. The number of ether oxygens (including phenoxy) is 2. The fourth-order valence-electron chi connectivity index (χ4n) is 1.40. The van der Waals surface area contributed by atoms with Crippen molar-refractivity contribution in [3.8, 4) is 17.2 Å². The van der Waals surface area contributed by atoms with Gasteiger partial charge in [-0.3, -0.25) is 0 Å². The van der Waals surface area contributed by atoms with Crippen LogP contribution in [-0.4, -0.2) is 7.11 Å². The van der Waals surface area contributed by atoms with E-state index in [1.807, 2.05) is 42.5 Å². The molecule has 0 aromatic heterocycles. The van der Waals surface area contributed by atoms with Crippen LogP contribution in [0.2, 0.25) is 0 Å². The molecule has 2 rings (SSSR count). The standard InChI is InChI=1S/C13H12INO2/c1-16-10-3-2-4-11(8-10)17-13-6-5-9(14)7-12(13)15/h2-8H,15H2,1H3. The Hall–Kier alpha value is -1.43. The van der Waals surface area contributed by atoms with Crippen molar-refractivity contribution in [1.29, 1.82) is 0 Å². The monoisotopic (exact) mass is 341 g/mol. The number of hydrogen-bond donors (Lipinski definition) is 1. The summed E-state index contributed by atoms with van der Waals surface area (Å²) in [5, 5.41) is 0. The third-order valence-electron chi connectivity index (χ3n) is 2.24. The third kappa shape index (κ3) is 3.03. The zero-order chi connectivity index (χ0) is 12.3. The molecule has 2 N–H and O–H groups in total. The van der Waals surface area contributed by atoms with E-state index in [2.05, 4.69) is 22.6 Å². The lowest BCUT2D eigenvalue weighted by atomic mass is 10.3. The van der Waals surface area contributed by atoms with Gasteiger partial charge in [0, 0.05) is 9.64 Å². The Morgan fingerprint density at radius 2 is 1.82 bits per heavy atom. The van der Waals surface area contributed by atoms with Crippen LogP contribution >= 0.6 is 22.6 Å². The molecule has 0 fully saturated rings. The van der Waals surface area contributed by atoms with E-state index in [4.69, 9.17) is 15.2 Å². The summed E-state index contributed by atoms with van der Waals surface area (Å²) in [7, 11) is 1.62. The normalized spacial score (nSPS) is 10.0. The summed E-state index contributed by atoms with van der Waals surface area (Å²) in [6, 6.07) is 13.1. The van der Waals surface area contributed by atoms with E-state index in [1.165, 1.54) is 0 Å². The molecular formula is C13H12INO2. The topological polar surface area (TPSA) is 44.5 Å². The summed E-state index contributed by atoms with van der Waals surface area (Å²) < 4.78 is 11.9. The van der Waals surface area contributed by atoms with Crippen LogP contribution in [0.3, 0.4) is 0 Å². The van der Waals surface area contributed by atoms with Crippen molar-refractivity contribution in [1.82, 2.24) is 0 Å². The number of anilines is 1. The lowest BCUT2D eigenvalue weighted by Crippen LogP contribution is -1.93. The summed E-state index contributed by atoms with van der Waals surface area (Å²) >= 11 is 2.21. The van der Waals surface area contributed by atoms with Crippen molar-refractivity contribution in [2.45, 2.75) is 0 Å². The van der Waals surface area contributed by atoms with E-state index in [0.29, 0.717) is 17.2 Å². The predicted molar refractivity (Wildman–Crippen MR) is 76.6 cm³/mol. The van der Waals surface area contributed by atoms with Crippen LogP contribution in [0.25, 0.3) is 0 Å². The number of methoxy groups -OCH3 is 1. The molecule has 0 saturated heterocycles. The Bertz CT molecular complexity index is 529. The van der Waals surface area contributed by atoms with Gasteiger partial charge in [0.15, 0.2) is 0 Å². The molecule has 0 amide bonds. The van der Waals surface area contributed by atoms with Crippen molar-refractivity contribution in [2.24, 2.45) is 0 Å². The Morgan fingerprint density at radius 1 is 1.06 bits per heavy atom. The Morgan fingerprint density at radius 3 is 2.53 bits per heavy atom. The fraction of sp³-hybridized carbons (Fsp3) is 0.0769. The zero-order valence-corrected chi connectivity index (χ0v) is 11.5. The van der Waals surface area contributed by atoms with Gasteiger partial charge in [-0.05, 0) is 52.9 Å². The SMILES string of the molecule is COc1cccc(Oc2ccc(I)cc2N)c1. The predicted octanol–water partition coefficient (Wildman–Crippen LogP) is 3.67. The third-order valence-corrected chi connectivity index (χ3v) is 2.91. The zero-order valence-electron chi connectivity index (χ0n) is 9.31. The first-order valence-corrected chi connectivity index (χ1v) is 6.14. The molecule has 4 heteroatoms. The average molecular weight is 341 g/mol. The molecule has 0 heterocycles. The molecule has 88 valence electrons. The molecular weight excluding hydrogens is 329 g/mol. The molecule has 2 aromatic carbocycles. The van der Waals surface area contributed by atoms with Gasteiger partial charge in [0.2, 0.25) is 0 Å². The minimum atomic E-state index is 0.625. The van der Waals surface area contributed by atoms with Crippen LogP contribution in [0.5, 0.6) is 17.2 Å². The quantitative estimate of drug-likeness (QED) is 0.684. The summed E-state index contributed by atoms with van der Waals surface area (Å²) in [6.45, 7) is 0. The Balaban J connectivity index is 2.25. The maximum Gasteiger partial charge on any atom is 0.150 e. The first kappa shape index (κ1) is 12.0. The van der Waals surface area contributed by atoms with Crippen LogP contribution in [0.1, 0.15) is 0 Å². The highest BCUT2D eigenvalue weighted by Crippen LogP contribution is 2.30. The van der Waals surface area contributed by atoms with Crippen molar-refractivity contribution < 1.29 is 9.47 Å². The van der Waals surface area contributed by atoms with Crippen molar-refractivity contribution >= 4 is 28.3 Å². The molecule has 0 aliphatic carbocycles. The van der Waals surface area contributed by atoms with Gasteiger partial charge in [0.05, 0.1) is 12.8 Å². The molecule has 0 atom stereocenters. The molecule has 0 bridgehead atoms. The smallest absolute Gasteiger partial charge is 0.150 e. The molecule has 0 saturated carbocycles. The van der Waals surface area contributed by atoms with Crippen LogP contribution in [0.15, 0.2) is 42.5 Å². The highest BCUT2D eigenvalue weighted by atomic mass is 127. The van der Waals surface area contributed by atoms with E-state index in [-0.39, 0.29) is 0 Å². The molecule has 0 aliphatic heterocycles. The van der Waals surface area contributed by atoms with E-state index in [1.54, 1.807) is 7.11 Å². The number of benzene rings is 2. The van der Waals surface area contributed by atoms with E-state index in [9.17, 15) is 0 Å². The van der Waals surface area contributed by atoms with Gasteiger partial charge in [-0.15, -0.1) is 0 Å². The maximum absolute atomic E-state index is 5.88. The van der Waals surface area contributed by atoms with Crippen LogP contribution in [0, 0.1) is 3.57 Å². The molecule has 0 aliphatic rings. The van der Waals surface area contributed by atoms with Crippen molar-refractivity contribution in [3.63, 3.8) is 0 Å². The first-order valence-electron chi connectivity index (χ1n) is 5.06. The van der Waals surface area contributed by atoms with E-state index < -0.39 is 0 Å². The summed E-state index contributed by atoms with van der Waals surface area (Å²) in [5.74, 6) is 2.11. The van der Waals surface area contributed by atoms with Crippen molar-refractivity contribution in [3.05, 3.63) is 46.0 Å². The Kier molecular flexibility index (Phi) is 3.73. The van der Waals surface area contributed by atoms with Crippen LogP contribution in [0.4, 0.5) is 5.69 Å². The number of hydrogen-bond acceptors (Lipinski definition) is 3. The average Bonchev–Trinajstić information content (AvgIpc) is 2.33. The summed E-state index contributed by atoms with van der Waals surface area (Å²) in [6.07, 6.45) is 0. The van der Waals surface area contributed by atoms with Gasteiger partial charge in [0.25, 0.3) is 0 Å². The minimum Gasteiger partial charge on any atom is -0.497 e. The lowest BCUT2D eigenvalue weighted by Gasteiger charge is -2.09. The molecule has 2 aromatic rings. The van der Waals surface area contributed by atoms with Gasteiger partial charge >= 0.3 is 0 Å². The maximum atomic E-state index is 5.88. The van der Waals surface area contributed by atoms with E-state index >= 15 is 0 Å².